The Balaban J connectivity index is 2.19. The van der Waals surface area contributed by atoms with Crippen LogP contribution in [-0.2, 0) is 0 Å². The van der Waals surface area contributed by atoms with Crippen molar-refractivity contribution in [1.82, 2.24) is 4.98 Å². The van der Waals surface area contributed by atoms with Crippen LogP contribution in [0.1, 0.15) is 40.2 Å². The average molecular weight is 280 g/mol. The van der Waals surface area contributed by atoms with E-state index in [0.29, 0.717) is 11.5 Å². The van der Waals surface area contributed by atoms with Gasteiger partial charge in [0.05, 0.1) is 11.1 Å². The van der Waals surface area contributed by atoms with Gasteiger partial charge in [-0.05, 0) is 55.0 Å². The summed E-state index contributed by atoms with van der Waals surface area (Å²) in [5.74, 6) is 0.390. The number of amides is 1. The SMILES string of the molecule is Cc1cc2[nH]c3c(C(N)=O)ccc(C4CC4)c3c2cc1O. The van der Waals surface area contributed by atoms with Crippen LogP contribution in [0.15, 0.2) is 24.3 Å². The molecule has 4 heteroatoms. The van der Waals surface area contributed by atoms with E-state index in [-0.39, 0.29) is 5.75 Å². The van der Waals surface area contributed by atoms with Crippen molar-refractivity contribution in [2.24, 2.45) is 5.73 Å². The number of aromatic amines is 1. The van der Waals surface area contributed by atoms with E-state index in [2.05, 4.69) is 4.98 Å². The molecule has 0 radical (unpaired) electrons. The Hall–Kier alpha value is -2.49. The molecule has 4 N–H and O–H groups in total. The normalized spacial score (nSPS) is 14.9. The van der Waals surface area contributed by atoms with Gasteiger partial charge in [-0.15, -0.1) is 0 Å². The lowest BCUT2D eigenvalue weighted by Crippen LogP contribution is -2.11. The van der Waals surface area contributed by atoms with Gasteiger partial charge < -0.3 is 15.8 Å². The third-order valence-corrected chi connectivity index (χ3v) is 4.39. The predicted molar refractivity (Wildman–Crippen MR) is 82.7 cm³/mol. The number of carbonyl (C=O) groups excluding carboxylic acids is 1. The number of primary amides is 1. The number of phenols is 1. The van der Waals surface area contributed by atoms with Gasteiger partial charge in [0, 0.05) is 16.3 Å². The number of aryl methyl sites for hydroxylation is 1. The van der Waals surface area contributed by atoms with Crippen LogP contribution < -0.4 is 5.73 Å². The van der Waals surface area contributed by atoms with Gasteiger partial charge in [0.2, 0.25) is 0 Å². The Labute approximate surface area is 121 Å². The molecule has 0 atom stereocenters. The molecule has 0 aliphatic heterocycles. The lowest BCUT2D eigenvalue weighted by Gasteiger charge is -2.05. The summed E-state index contributed by atoms with van der Waals surface area (Å²) in [6, 6.07) is 7.50. The zero-order chi connectivity index (χ0) is 14.7. The highest BCUT2D eigenvalue weighted by Crippen LogP contribution is 2.46. The third-order valence-electron chi connectivity index (χ3n) is 4.39. The van der Waals surface area contributed by atoms with Crippen LogP contribution in [0.25, 0.3) is 21.8 Å². The average Bonchev–Trinajstić information content (AvgIpc) is 3.21. The minimum Gasteiger partial charge on any atom is -0.508 e. The number of hydrogen-bond donors (Lipinski definition) is 3. The number of aromatic hydroxyl groups is 1. The maximum atomic E-state index is 11.7. The number of phenolic OH excluding ortho intramolecular Hbond substituents is 1. The van der Waals surface area contributed by atoms with Crippen molar-refractivity contribution in [3.05, 3.63) is 41.0 Å². The van der Waals surface area contributed by atoms with Crippen molar-refractivity contribution < 1.29 is 9.90 Å². The van der Waals surface area contributed by atoms with Gasteiger partial charge in [0.15, 0.2) is 0 Å². The topological polar surface area (TPSA) is 79.1 Å². The molecule has 0 bridgehead atoms. The zero-order valence-electron chi connectivity index (χ0n) is 11.7. The molecule has 1 heterocycles. The lowest BCUT2D eigenvalue weighted by molar-refractivity contribution is 0.100. The Kier molecular flexibility index (Phi) is 2.34. The number of rotatable bonds is 2. The van der Waals surface area contributed by atoms with Crippen LogP contribution in [0, 0.1) is 6.92 Å². The first-order chi connectivity index (χ1) is 10.1. The fourth-order valence-electron chi connectivity index (χ4n) is 3.12. The molecule has 0 saturated heterocycles. The molecule has 1 aromatic heterocycles. The third kappa shape index (κ3) is 1.72. The molecule has 1 aliphatic rings. The molecule has 1 fully saturated rings. The Bertz CT molecular complexity index is 904. The maximum Gasteiger partial charge on any atom is 0.250 e. The fourth-order valence-corrected chi connectivity index (χ4v) is 3.12. The molecule has 4 rings (SSSR count). The molecule has 2 aromatic carbocycles. The summed E-state index contributed by atoms with van der Waals surface area (Å²) >= 11 is 0. The van der Waals surface area contributed by atoms with E-state index < -0.39 is 5.91 Å². The molecule has 0 spiro atoms. The van der Waals surface area contributed by atoms with Gasteiger partial charge in [0.1, 0.15) is 5.75 Å². The largest absolute Gasteiger partial charge is 0.508 e. The Morgan fingerprint density at radius 1 is 1.33 bits per heavy atom. The number of H-pyrrole nitrogens is 1. The standard InChI is InChI=1S/C17H16N2O2/c1-8-6-13-12(7-14(8)20)15-10(9-2-3-9)4-5-11(17(18)21)16(15)19-13/h4-7,9,19-20H,2-3H2,1H3,(H2,18,21). The van der Waals surface area contributed by atoms with Gasteiger partial charge >= 0.3 is 0 Å². The van der Waals surface area contributed by atoms with Crippen molar-refractivity contribution in [2.75, 3.05) is 0 Å². The highest BCUT2D eigenvalue weighted by molar-refractivity contribution is 6.16. The van der Waals surface area contributed by atoms with Crippen molar-refractivity contribution >= 4 is 27.7 Å². The van der Waals surface area contributed by atoms with Gasteiger partial charge in [-0.2, -0.15) is 0 Å². The minimum absolute atomic E-state index is 0.273. The molecular formula is C17H16N2O2. The van der Waals surface area contributed by atoms with Crippen molar-refractivity contribution in [3.8, 4) is 5.75 Å². The van der Waals surface area contributed by atoms with Crippen LogP contribution in [0.2, 0.25) is 0 Å². The van der Waals surface area contributed by atoms with E-state index >= 15 is 0 Å². The molecule has 106 valence electrons. The quantitative estimate of drug-likeness (QED) is 0.673. The highest BCUT2D eigenvalue weighted by Gasteiger charge is 2.28. The summed E-state index contributed by atoms with van der Waals surface area (Å²) in [5.41, 5.74) is 9.76. The van der Waals surface area contributed by atoms with Crippen molar-refractivity contribution in [1.29, 1.82) is 0 Å². The highest BCUT2D eigenvalue weighted by atomic mass is 16.3. The smallest absolute Gasteiger partial charge is 0.250 e. The second-order valence-corrected chi connectivity index (χ2v) is 5.90. The second kappa shape index (κ2) is 4.01. The van der Waals surface area contributed by atoms with Gasteiger partial charge in [0.25, 0.3) is 5.91 Å². The summed E-state index contributed by atoms with van der Waals surface area (Å²) in [5, 5.41) is 12.0. The van der Waals surface area contributed by atoms with E-state index in [1.54, 1.807) is 12.1 Å². The van der Waals surface area contributed by atoms with Gasteiger partial charge in [-0.3, -0.25) is 4.79 Å². The van der Waals surface area contributed by atoms with Crippen molar-refractivity contribution in [2.45, 2.75) is 25.7 Å². The zero-order valence-corrected chi connectivity index (χ0v) is 11.7. The van der Waals surface area contributed by atoms with Crippen LogP contribution in [-0.4, -0.2) is 16.0 Å². The number of hydrogen-bond acceptors (Lipinski definition) is 2. The lowest BCUT2D eigenvalue weighted by atomic mass is 9.99. The summed E-state index contributed by atoms with van der Waals surface area (Å²) in [6.45, 7) is 1.86. The summed E-state index contributed by atoms with van der Waals surface area (Å²) < 4.78 is 0. The predicted octanol–water partition coefficient (Wildman–Crippen LogP) is 3.31. The molecule has 21 heavy (non-hydrogen) atoms. The molecule has 4 nitrogen and oxygen atoms in total. The number of nitrogens with one attached hydrogen (secondary N) is 1. The molecule has 3 aromatic rings. The van der Waals surface area contributed by atoms with E-state index in [4.69, 9.17) is 5.73 Å². The van der Waals surface area contributed by atoms with E-state index in [9.17, 15) is 9.90 Å². The molecular weight excluding hydrogens is 264 g/mol. The van der Waals surface area contributed by atoms with E-state index in [0.717, 1.165) is 27.4 Å². The first-order valence-electron chi connectivity index (χ1n) is 7.14. The molecule has 1 amide bonds. The second-order valence-electron chi connectivity index (χ2n) is 5.90. The number of benzene rings is 2. The number of fused-ring (bicyclic) bond motifs is 3. The molecule has 0 unspecified atom stereocenters. The maximum absolute atomic E-state index is 11.7. The molecule has 1 aliphatic carbocycles. The first-order valence-corrected chi connectivity index (χ1v) is 7.14. The first kappa shape index (κ1) is 12.3. The fraction of sp³-hybridized carbons (Fsp3) is 0.235. The summed E-state index contributed by atoms with van der Waals surface area (Å²) in [4.78, 5) is 15.0. The van der Waals surface area contributed by atoms with Crippen molar-refractivity contribution in [3.63, 3.8) is 0 Å². The summed E-state index contributed by atoms with van der Waals surface area (Å²) in [7, 11) is 0. The monoisotopic (exact) mass is 280 g/mol. The van der Waals surface area contributed by atoms with Crippen LogP contribution in [0.5, 0.6) is 5.75 Å². The molecule has 1 saturated carbocycles. The number of carbonyl (C=O) groups is 1. The van der Waals surface area contributed by atoms with Gasteiger partial charge in [-0.1, -0.05) is 6.07 Å². The van der Waals surface area contributed by atoms with E-state index in [1.807, 2.05) is 19.1 Å². The number of aromatic nitrogens is 1. The Morgan fingerprint density at radius 2 is 2.10 bits per heavy atom. The van der Waals surface area contributed by atoms with Crippen LogP contribution in [0.4, 0.5) is 0 Å². The van der Waals surface area contributed by atoms with Gasteiger partial charge in [-0.25, -0.2) is 0 Å². The summed E-state index contributed by atoms with van der Waals surface area (Å²) in [6.07, 6.45) is 2.35. The van der Waals surface area contributed by atoms with Crippen LogP contribution >= 0.6 is 0 Å². The Morgan fingerprint density at radius 3 is 2.76 bits per heavy atom. The van der Waals surface area contributed by atoms with E-state index in [1.165, 1.54) is 18.4 Å². The minimum atomic E-state index is -0.435. The van der Waals surface area contributed by atoms with Crippen LogP contribution in [0.3, 0.4) is 0 Å². The number of nitrogens with two attached hydrogens (primary N) is 1.